The maximum atomic E-state index is 13.7. The number of amides is 1. The largest absolute Gasteiger partial charge is 0.494 e. The van der Waals surface area contributed by atoms with E-state index >= 15 is 0 Å². The minimum absolute atomic E-state index is 0.0118. The zero-order chi connectivity index (χ0) is 20.8. The van der Waals surface area contributed by atoms with Crippen molar-refractivity contribution < 1.29 is 32.7 Å². The van der Waals surface area contributed by atoms with Gasteiger partial charge in [-0.1, -0.05) is 0 Å². The molecule has 8 heteroatoms. The second kappa shape index (κ2) is 8.83. The van der Waals surface area contributed by atoms with Crippen LogP contribution in [0.1, 0.15) is 31.3 Å². The number of anilines is 1. The lowest BCUT2D eigenvalue weighted by molar-refractivity contribution is 0.0474. The number of ketones is 1. The molecule has 0 saturated carbocycles. The van der Waals surface area contributed by atoms with E-state index in [1.807, 2.05) is 0 Å². The van der Waals surface area contributed by atoms with Crippen molar-refractivity contribution in [1.29, 1.82) is 0 Å². The summed E-state index contributed by atoms with van der Waals surface area (Å²) >= 11 is 0. The number of furan rings is 1. The molecule has 0 bridgehead atoms. The summed E-state index contributed by atoms with van der Waals surface area (Å²) < 4.78 is 28.4. The Kier molecular flexibility index (Phi) is 6.03. The van der Waals surface area contributed by atoms with Gasteiger partial charge in [-0.2, -0.15) is 0 Å². The normalized spacial score (nSPS) is 10.3. The van der Waals surface area contributed by atoms with Gasteiger partial charge in [0, 0.05) is 11.3 Å². The van der Waals surface area contributed by atoms with E-state index in [-0.39, 0.29) is 22.6 Å². The van der Waals surface area contributed by atoms with Crippen LogP contribution in [0, 0.1) is 5.82 Å². The average Bonchev–Trinajstić information content (AvgIpc) is 3.27. The summed E-state index contributed by atoms with van der Waals surface area (Å²) in [4.78, 5) is 36.1. The molecule has 3 rings (SSSR count). The molecule has 0 aliphatic rings. The number of rotatable bonds is 7. The Balaban J connectivity index is 1.56. The number of hydrogen-bond donors (Lipinski definition) is 1. The molecule has 7 nitrogen and oxygen atoms in total. The van der Waals surface area contributed by atoms with Gasteiger partial charge in [0.2, 0.25) is 0 Å². The Morgan fingerprint density at radius 3 is 2.38 bits per heavy atom. The van der Waals surface area contributed by atoms with Crippen LogP contribution >= 0.6 is 0 Å². The summed E-state index contributed by atoms with van der Waals surface area (Å²) in [6.45, 7) is -0.540. The summed E-state index contributed by atoms with van der Waals surface area (Å²) in [5.41, 5.74) is 0.703. The Bertz CT molecular complexity index is 1030. The highest BCUT2D eigenvalue weighted by Gasteiger charge is 2.15. The molecule has 0 aliphatic carbocycles. The van der Waals surface area contributed by atoms with Gasteiger partial charge in [-0.25, -0.2) is 9.18 Å². The van der Waals surface area contributed by atoms with Gasteiger partial charge < -0.3 is 19.2 Å². The number of ether oxygens (including phenoxy) is 2. The first-order chi connectivity index (χ1) is 14.0. The minimum atomic E-state index is -0.726. The van der Waals surface area contributed by atoms with Crippen LogP contribution in [-0.2, 0) is 4.74 Å². The minimum Gasteiger partial charge on any atom is -0.494 e. The summed E-state index contributed by atoms with van der Waals surface area (Å²) in [7, 11) is 1.31. The Morgan fingerprint density at radius 2 is 1.76 bits per heavy atom. The van der Waals surface area contributed by atoms with Crippen LogP contribution < -0.4 is 10.1 Å². The molecule has 148 valence electrons. The lowest BCUT2D eigenvalue weighted by atomic mass is 10.1. The number of methoxy groups -OCH3 is 1. The molecular formula is C21H16FNO6. The maximum Gasteiger partial charge on any atom is 0.338 e. The highest BCUT2D eigenvalue weighted by molar-refractivity contribution is 6.02. The van der Waals surface area contributed by atoms with Crippen molar-refractivity contribution in [3.8, 4) is 5.75 Å². The number of benzene rings is 2. The zero-order valence-corrected chi connectivity index (χ0v) is 15.3. The van der Waals surface area contributed by atoms with Gasteiger partial charge in [0.25, 0.3) is 5.91 Å². The third kappa shape index (κ3) is 4.86. The van der Waals surface area contributed by atoms with Gasteiger partial charge in [0.15, 0.2) is 29.7 Å². The molecule has 3 aromatic rings. The van der Waals surface area contributed by atoms with Crippen molar-refractivity contribution in [2.75, 3.05) is 19.0 Å². The van der Waals surface area contributed by atoms with Gasteiger partial charge in [-0.05, 0) is 54.6 Å². The quantitative estimate of drug-likeness (QED) is 0.482. The highest BCUT2D eigenvalue weighted by atomic mass is 19.1. The molecule has 1 N–H and O–H groups in total. The van der Waals surface area contributed by atoms with Crippen LogP contribution in [0.25, 0.3) is 0 Å². The molecule has 0 spiro atoms. The van der Waals surface area contributed by atoms with Crippen molar-refractivity contribution in [2.24, 2.45) is 0 Å². The van der Waals surface area contributed by atoms with Gasteiger partial charge in [0.1, 0.15) is 0 Å². The topological polar surface area (TPSA) is 94.8 Å². The number of carbonyl (C=O) groups excluding carboxylic acids is 3. The number of nitrogens with one attached hydrogen (secondary N) is 1. The van der Waals surface area contributed by atoms with Crippen LogP contribution in [0.5, 0.6) is 5.75 Å². The Labute approximate surface area is 165 Å². The van der Waals surface area contributed by atoms with E-state index < -0.39 is 30.1 Å². The number of Topliss-reactive ketones (excluding diaryl/α,β-unsaturated/α-hetero) is 1. The van der Waals surface area contributed by atoms with Crippen LogP contribution in [0.2, 0.25) is 0 Å². The van der Waals surface area contributed by atoms with Crippen LogP contribution in [0.4, 0.5) is 10.1 Å². The van der Waals surface area contributed by atoms with Crippen molar-refractivity contribution in [3.05, 3.63) is 83.6 Å². The molecule has 29 heavy (non-hydrogen) atoms. The fourth-order valence-corrected chi connectivity index (χ4v) is 2.43. The van der Waals surface area contributed by atoms with Crippen molar-refractivity contribution >= 4 is 23.3 Å². The van der Waals surface area contributed by atoms with Gasteiger partial charge >= 0.3 is 5.97 Å². The fourth-order valence-electron chi connectivity index (χ4n) is 2.43. The first-order valence-electron chi connectivity index (χ1n) is 8.46. The lowest BCUT2D eigenvalue weighted by Gasteiger charge is -2.07. The standard InChI is InChI=1S/C21H16FNO6/c1-27-18-9-6-14(11-16(18)22)17(24)12-29-21(26)13-4-7-15(8-5-13)23-20(25)19-3-2-10-28-19/h2-11H,12H2,1H3,(H,23,25). The van der Waals surface area contributed by atoms with Gasteiger partial charge in [-0.15, -0.1) is 0 Å². The van der Waals surface area contributed by atoms with Gasteiger partial charge in [0.05, 0.1) is 18.9 Å². The molecular weight excluding hydrogens is 381 g/mol. The molecule has 1 aromatic heterocycles. The van der Waals surface area contributed by atoms with E-state index in [4.69, 9.17) is 13.9 Å². The molecule has 0 saturated heterocycles. The third-order valence-corrected chi connectivity index (χ3v) is 3.93. The predicted molar refractivity (Wildman–Crippen MR) is 101 cm³/mol. The number of halogens is 1. The van der Waals surface area contributed by atoms with E-state index in [9.17, 15) is 18.8 Å². The van der Waals surface area contributed by atoms with E-state index in [0.29, 0.717) is 5.69 Å². The summed E-state index contributed by atoms with van der Waals surface area (Å²) in [5, 5.41) is 2.61. The Hall–Kier alpha value is -3.94. The van der Waals surface area contributed by atoms with Crippen LogP contribution in [0.3, 0.4) is 0 Å². The van der Waals surface area contributed by atoms with E-state index in [0.717, 1.165) is 6.07 Å². The third-order valence-electron chi connectivity index (χ3n) is 3.93. The van der Waals surface area contributed by atoms with E-state index in [1.165, 1.54) is 55.8 Å². The molecule has 0 radical (unpaired) electrons. The maximum absolute atomic E-state index is 13.7. The SMILES string of the molecule is COc1ccc(C(=O)COC(=O)c2ccc(NC(=O)c3ccco3)cc2)cc1F. The second-order valence-corrected chi connectivity index (χ2v) is 5.86. The molecule has 0 fully saturated rings. The molecule has 0 aliphatic heterocycles. The monoisotopic (exact) mass is 397 g/mol. The molecule has 0 unspecified atom stereocenters. The summed E-state index contributed by atoms with van der Waals surface area (Å²) in [5.74, 6) is -2.22. The van der Waals surface area contributed by atoms with Crippen LogP contribution in [0.15, 0.2) is 65.3 Å². The van der Waals surface area contributed by atoms with Gasteiger partial charge in [-0.3, -0.25) is 9.59 Å². The number of hydrogen-bond acceptors (Lipinski definition) is 6. The molecule has 1 amide bonds. The first kappa shape index (κ1) is 19.8. The van der Waals surface area contributed by atoms with Crippen LogP contribution in [-0.4, -0.2) is 31.4 Å². The van der Waals surface area contributed by atoms with Crippen molar-refractivity contribution in [3.63, 3.8) is 0 Å². The van der Waals surface area contributed by atoms with E-state index in [1.54, 1.807) is 6.07 Å². The number of carbonyl (C=O) groups is 3. The average molecular weight is 397 g/mol. The highest BCUT2D eigenvalue weighted by Crippen LogP contribution is 2.18. The van der Waals surface area contributed by atoms with Crippen molar-refractivity contribution in [2.45, 2.75) is 0 Å². The second-order valence-electron chi connectivity index (χ2n) is 5.86. The summed E-state index contributed by atoms with van der Waals surface area (Å²) in [6, 6.07) is 12.7. The summed E-state index contributed by atoms with van der Waals surface area (Å²) in [6.07, 6.45) is 1.38. The molecule has 1 heterocycles. The fraction of sp³-hybridized carbons (Fsp3) is 0.0952. The predicted octanol–water partition coefficient (Wildman–Crippen LogP) is 3.72. The smallest absolute Gasteiger partial charge is 0.338 e. The zero-order valence-electron chi connectivity index (χ0n) is 15.3. The molecule has 2 aromatic carbocycles. The lowest BCUT2D eigenvalue weighted by Crippen LogP contribution is -2.15. The first-order valence-corrected chi connectivity index (χ1v) is 8.46. The molecule has 0 atom stereocenters. The Morgan fingerprint density at radius 1 is 1.03 bits per heavy atom. The van der Waals surface area contributed by atoms with E-state index in [2.05, 4.69) is 5.32 Å². The number of esters is 1. The van der Waals surface area contributed by atoms with Crippen molar-refractivity contribution in [1.82, 2.24) is 0 Å².